The van der Waals surface area contributed by atoms with E-state index in [2.05, 4.69) is 5.32 Å². The molecule has 218 valence electrons. The summed E-state index contributed by atoms with van der Waals surface area (Å²) in [6.07, 6.45) is -0.944. The minimum absolute atomic E-state index is 0.00673. The standard InChI is InChI=1S/C32H37NO7S/c1-21(38-22(2)36)31(37)33-18-27-5-3-4-6-29(27)24-11-13-26(14-12-24)32-39-28(20-41-16-15-34)17-30(40-32)25-9-7-23(19-35)8-10-25/h3-14,21,28,30,32,34-35H,15-20H2,1-2H3,(H,33,37)/t21-,28-,30+,32+/m0/s1. The number of hydrogen-bond acceptors (Lipinski definition) is 8. The molecule has 9 heteroatoms. The maximum atomic E-state index is 12.3. The average molecular weight is 580 g/mol. The van der Waals surface area contributed by atoms with Gasteiger partial charge in [0.25, 0.3) is 5.91 Å². The molecule has 4 atom stereocenters. The topological polar surface area (TPSA) is 114 Å². The van der Waals surface area contributed by atoms with E-state index in [1.165, 1.54) is 6.92 Å². The molecule has 1 saturated heterocycles. The van der Waals surface area contributed by atoms with Crippen molar-refractivity contribution >= 4 is 23.6 Å². The lowest BCUT2D eigenvalue weighted by molar-refractivity contribution is -0.245. The number of carbonyl (C=O) groups is 2. The van der Waals surface area contributed by atoms with Gasteiger partial charge >= 0.3 is 5.97 Å². The predicted octanol–water partition coefficient (Wildman–Crippen LogP) is 4.68. The molecule has 3 aromatic carbocycles. The highest BCUT2D eigenvalue weighted by atomic mass is 32.2. The second-order valence-electron chi connectivity index (χ2n) is 9.90. The first-order valence-electron chi connectivity index (χ1n) is 13.7. The summed E-state index contributed by atoms with van der Waals surface area (Å²) >= 11 is 1.65. The predicted molar refractivity (Wildman–Crippen MR) is 158 cm³/mol. The number of carbonyl (C=O) groups excluding carboxylic acids is 2. The molecule has 0 aliphatic carbocycles. The Balaban J connectivity index is 1.49. The van der Waals surface area contributed by atoms with Crippen molar-refractivity contribution in [3.63, 3.8) is 0 Å². The van der Waals surface area contributed by atoms with Crippen LogP contribution in [0.4, 0.5) is 0 Å². The molecule has 1 fully saturated rings. The van der Waals surface area contributed by atoms with Crippen LogP contribution in [0.15, 0.2) is 72.8 Å². The Bertz CT molecular complexity index is 1280. The van der Waals surface area contributed by atoms with Gasteiger partial charge < -0.3 is 29.7 Å². The van der Waals surface area contributed by atoms with Crippen LogP contribution in [0.1, 0.15) is 54.9 Å². The molecule has 1 amide bonds. The summed E-state index contributed by atoms with van der Waals surface area (Å²) in [7, 11) is 0. The molecule has 0 saturated carbocycles. The molecule has 0 spiro atoms. The van der Waals surface area contributed by atoms with Gasteiger partial charge in [-0.15, -0.1) is 0 Å². The summed E-state index contributed by atoms with van der Waals surface area (Å²) in [5.74, 6) is 0.543. The summed E-state index contributed by atoms with van der Waals surface area (Å²) in [6, 6.07) is 23.6. The van der Waals surface area contributed by atoms with Gasteiger partial charge in [0.05, 0.1) is 25.4 Å². The van der Waals surface area contributed by atoms with Crippen molar-refractivity contribution in [3.05, 3.63) is 95.1 Å². The lowest BCUT2D eigenvalue weighted by atomic mass is 9.97. The smallest absolute Gasteiger partial charge is 0.303 e. The molecule has 1 aliphatic heterocycles. The number of amides is 1. The van der Waals surface area contributed by atoms with Crippen molar-refractivity contribution in [1.82, 2.24) is 5.32 Å². The maximum Gasteiger partial charge on any atom is 0.303 e. The minimum Gasteiger partial charge on any atom is -0.453 e. The molecule has 1 aliphatic rings. The Morgan fingerprint density at radius 3 is 2.39 bits per heavy atom. The first-order chi connectivity index (χ1) is 19.9. The van der Waals surface area contributed by atoms with Crippen molar-refractivity contribution in [2.75, 3.05) is 18.1 Å². The van der Waals surface area contributed by atoms with Gasteiger partial charge in [0.2, 0.25) is 0 Å². The molecule has 3 N–H and O–H groups in total. The fourth-order valence-electron chi connectivity index (χ4n) is 4.71. The zero-order chi connectivity index (χ0) is 29.2. The summed E-state index contributed by atoms with van der Waals surface area (Å²) in [5.41, 5.74) is 5.66. The molecule has 3 aromatic rings. The van der Waals surface area contributed by atoms with Crippen LogP contribution in [0.2, 0.25) is 0 Å². The van der Waals surface area contributed by atoms with E-state index in [9.17, 15) is 19.8 Å². The van der Waals surface area contributed by atoms with Crippen LogP contribution in [-0.4, -0.2) is 52.4 Å². The molecular formula is C32H37NO7S. The van der Waals surface area contributed by atoms with Crippen LogP contribution in [0.5, 0.6) is 0 Å². The number of aliphatic hydroxyl groups excluding tert-OH is 2. The second-order valence-corrected chi connectivity index (χ2v) is 11.0. The molecule has 0 unspecified atom stereocenters. The van der Waals surface area contributed by atoms with Crippen molar-refractivity contribution in [2.24, 2.45) is 0 Å². The molecule has 4 rings (SSSR count). The molecule has 0 aromatic heterocycles. The van der Waals surface area contributed by atoms with Crippen LogP contribution in [-0.2, 0) is 37.0 Å². The highest BCUT2D eigenvalue weighted by Crippen LogP contribution is 2.39. The molecule has 41 heavy (non-hydrogen) atoms. The van der Waals surface area contributed by atoms with E-state index in [-0.39, 0.29) is 31.3 Å². The lowest BCUT2D eigenvalue weighted by Gasteiger charge is -2.36. The highest BCUT2D eigenvalue weighted by Gasteiger charge is 2.32. The monoisotopic (exact) mass is 579 g/mol. The third kappa shape index (κ3) is 8.64. The fourth-order valence-corrected chi connectivity index (χ4v) is 5.48. The lowest BCUT2D eigenvalue weighted by Crippen LogP contribution is -2.35. The van der Waals surface area contributed by atoms with Gasteiger partial charge in [-0.2, -0.15) is 11.8 Å². The van der Waals surface area contributed by atoms with Crippen LogP contribution in [0.25, 0.3) is 11.1 Å². The van der Waals surface area contributed by atoms with E-state index in [0.29, 0.717) is 18.7 Å². The van der Waals surface area contributed by atoms with Gasteiger partial charge in [0.15, 0.2) is 12.4 Å². The molecule has 0 radical (unpaired) electrons. The van der Waals surface area contributed by atoms with E-state index in [1.54, 1.807) is 18.7 Å². The van der Waals surface area contributed by atoms with Gasteiger partial charge in [-0.25, -0.2) is 0 Å². The van der Waals surface area contributed by atoms with E-state index >= 15 is 0 Å². The van der Waals surface area contributed by atoms with Crippen LogP contribution in [0, 0.1) is 0 Å². The number of aliphatic hydroxyl groups is 2. The Morgan fingerprint density at radius 1 is 1.00 bits per heavy atom. The number of rotatable bonds is 12. The van der Waals surface area contributed by atoms with Crippen molar-refractivity contribution < 1.29 is 34.0 Å². The Hall–Kier alpha value is -3.21. The third-order valence-electron chi connectivity index (χ3n) is 6.83. The fraction of sp³-hybridized carbons (Fsp3) is 0.375. The zero-order valence-electron chi connectivity index (χ0n) is 23.3. The summed E-state index contributed by atoms with van der Waals surface area (Å²) in [4.78, 5) is 23.5. The van der Waals surface area contributed by atoms with Gasteiger partial charge in [0.1, 0.15) is 0 Å². The van der Waals surface area contributed by atoms with E-state index in [0.717, 1.165) is 39.1 Å². The van der Waals surface area contributed by atoms with Crippen LogP contribution < -0.4 is 5.32 Å². The van der Waals surface area contributed by atoms with E-state index < -0.39 is 18.4 Å². The van der Waals surface area contributed by atoms with Gasteiger partial charge in [-0.1, -0.05) is 72.8 Å². The Kier molecular flexibility index (Phi) is 11.4. The zero-order valence-corrected chi connectivity index (χ0v) is 24.1. The third-order valence-corrected chi connectivity index (χ3v) is 7.91. The molecular weight excluding hydrogens is 542 g/mol. The summed E-state index contributed by atoms with van der Waals surface area (Å²) in [5, 5.41) is 21.5. The van der Waals surface area contributed by atoms with Crippen LogP contribution in [0.3, 0.4) is 0 Å². The SMILES string of the molecule is CC(=O)O[C@@H](C)C(=O)NCc1ccccc1-c1ccc([C@@H]2O[C@H](CSCCO)C[C@H](c3ccc(CO)cc3)O2)cc1. The first-order valence-corrected chi connectivity index (χ1v) is 14.9. The van der Waals surface area contributed by atoms with Gasteiger partial charge in [-0.05, 0) is 34.7 Å². The van der Waals surface area contributed by atoms with Crippen molar-refractivity contribution in [2.45, 2.75) is 58.0 Å². The average Bonchev–Trinajstić information content (AvgIpc) is 3.00. The molecule has 0 bridgehead atoms. The Morgan fingerprint density at radius 2 is 1.71 bits per heavy atom. The Labute approximate surface area is 245 Å². The number of hydrogen-bond donors (Lipinski definition) is 3. The largest absolute Gasteiger partial charge is 0.453 e. The van der Waals surface area contributed by atoms with Gasteiger partial charge in [0, 0.05) is 37.0 Å². The van der Waals surface area contributed by atoms with E-state index in [1.807, 2.05) is 72.8 Å². The summed E-state index contributed by atoms with van der Waals surface area (Å²) < 4.78 is 17.7. The molecule has 8 nitrogen and oxygen atoms in total. The maximum absolute atomic E-state index is 12.3. The van der Waals surface area contributed by atoms with E-state index in [4.69, 9.17) is 14.2 Å². The van der Waals surface area contributed by atoms with Crippen molar-refractivity contribution in [1.29, 1.82) is 0 Å². The van der Waals surface area contributed by atoms with Gasteiger partial charge in [-0.3, -0.25) is 9.59 Å². The second kappa shape index (κ2) is 15.1. The number of ether oxygens (including phenoxy) is 3. The number of nitrogens with one attached hydrogen (secondary N) is 1. The minimum atomic E-state index is -0.864. The normalized spacial score (nSPS) is 19.4. The number of esters is 1. The highest BCUT2D eigenvalue weighted by molar-refractivity contribution is 7.99. The van der Waals surface area contributed by atoms with Crippen LogP contribution >= 0.6 is 11.8 Å². The number of thioether (sulfide) groups is 1. The van der Waals surface area contributed by atoms with Crippen molar-refractivity contribution in [3.8, 4) is 11.1 Å². The first kappa shape index (κ1) is 30.7. The summed E-state index contributed by atoms with van der Waals surface area (Å²) in [6.45, 7) is 3.23. The number of benzene rings is 3. The molecule has 1 heterocycles. The quantitative estimate of drug-likeness (QED) is 0.209.